The molecule has 2 amide bonds. The molecule has 1 heterocycles. The minimum atomic E-state index is -0.306. The average molecular weight is 426 g/mol. The van der Waals surface area contributed by atoms with Gasteiger partial charge >= 0.3 is 0 Å². The van der Waals surface area contributed by atoms with E-state index in [4.69, 9.17) is 23.2 Å². The molecule has 1 N–H and O–H groups in total. The van der Waals surface area contributed by atoms with Gasteiger partial charge in [0.25, 0.3) is 0 Å². The molecule has 0 bridgehead atoms. The highest BCUT2D eigenvalue weighted by molar-refractivity contribution is 7.16. The van der Waals surface area contributed by atoms with Crippen LogP contribution in [0.1, 0.15) is 4.88 Å². The van der Waals surface area contributed by atoms with Crippen LogP contribution in [0.4, 0.5) is 5.69 Å². The summed E-state index contributed by atoms with van der Waals surface area (Å²) in [6, 6.07) is 10.7. The molecule has 0 aliphatic rings. The molecule has 8 heteroatoms. The Morgan fingerprint density at radius 3 is 2.56 bits per heavy atom. The molecule has 144 valence electrons. The van der Waals surface area contributed by atoms with E-state index in [-0.39, 0.29) is 24.9 Å². The van der Waals surface area contributed by atoms with Crippen LogP contribution in [-0.2, 0) is 16.1 Å². The number of hydrogen-bond acceptors (Lipinski definition) is 4. The quantitative estimate of drug-likeness (QED) is 0.614. The fourth-order valence-corrected chi connectivity index (χ4v) is 3.71. The highest BCUT2D eigenvalue weighted by Crippen LogP contribution is 2.23. The van der Waals surface area contributed by atoms with Crippen molar-refractivity contribution in [3.8, 4) is 0 Å². The van der Waals surface area contributed by atoms with Gasteiger partial charge < -0.3 is 10.2 Å². The van der Waals surface area contributed by atoms with E-state index in [2.05, 4.69) is 11.9 Å². The Hall–Kier alpha value is -1.86. The number of carbonyl (C=O) groups excluding carboxylic acids is 2. The summed E-state index contributed by atoms with van der Waals surface area (Å²) in [7, 11) is 1.60. The molecule has 2 aromatic rings. The Bertz CT molecular complexity index is 810. The van der Waals surface area contributed by atoms with Crippen molar-refractivity contribution in [3.05, 3.63) is 63.3 Å². The van der Waals surface area contributed by atoms with E-state index in [1.807, 2.05) is 17.0 Å². The fourth-order valence-electron chi connectivity index (χ4n) is 2.39. The van der Waals surface area contributed by atoms with E-state index >= 15 is 0 Å². The summed E-state index contributed by atoms with van der Waals surface area (Å²) >= 11 is 13.5. The highest BCUT2D eigenvalue weighted by atomic mass is 35.5. The number of thiophene rings is 1. The number of amides is 2. The van der Waals surface area contributed by atoms with Crippen LogP contribution in [0, 0.1) is 0 Å². The first kappa shape index (κ1) is 21.4. The SMILES string of the molecule is C=CCN(CC(=O)N(C)CC(=O)Nc1ccccc1Cl)Cc1ccc(Cl)s1. The van der Waals surface area contributed by atoms with Crippen LogP contribution in [0.3, 0.4) is 0 Å². The highest BCUT2D eigenvalue weighted by Gasteiger charge is 2.17. The number of nitrogens with one attached hydrogen (secondary N) is 1. The van der Waals surface area contributed by atoms with Gasteiger partial charge in [-0.1, -0.05) is 41.4 Å². The van der Waals surface area contributed by atoms with Crippen molar-refractivity contribution in [2.45, 2.75) is 6.54 Å². The number of carbonyl (C=O) groups is 2. The van der Waals surface area contributed by atoms with Crippen LogP contribution in [-0.4, -0.2) is 48.3 Å². The summed E-state index contributed by atoms with van der Waals surface area (Å²) in [5, 5.41) is 3.16. The fraction of sp³-hybridized carbons (Fsp3) is 0.263. The van der Waals surface area contributed by atoms with Gasteiger partial charge in [0.2, 0.25) is 11.8 Å². The zero-order valence-corrected chi connectivity index (χ0v) is 17.3. The number of nitrogens with zero attached hydrogens (tertiary/aromatic N) is 2. The second kappa shape index (κ2) is 10.5. The van der Waals surface area contributed by atoms with Crippen molar-refractivity contribution >= 4 is 52.0 Å². The third-order valence-corrected chi connectivity index (χ3v) is 5.25. The number of halogens is 2. The van der Waals surface area contributed by atoms with Crippen molar-refractivity contribution in [1.82, 2.24) is 9.80 Å². The van der Waals surface area contributed by atoms with Crippen molar-refractivity contribution in [1.29, 1.82) is 0 Å². The molecule has 0 saturated carbocycles. The van der Waals surface area contributed by atoms with Gasteiger partial charge in [-0.25, -0.2) is 0 Å². The van der Waals surface area contributed by atoms with Crippen molar-refractivity contribution in [2.24, 2.45) is 0 Å². The molecule has 1 aromatic heterocycles. The van der Waals surface area contributed by atoms with Crippen molar-refractivity contribution < 1.29 is 9.59 Å². The minimum absolute atomic E-state index is 0.0587. The predicted molar refractivity (Wildman–Crippen MR) is 113 cm³/mol. The first-order valence-corrected chi connectivity index (χ1v) is 9.82. The molecule has 5 nitrogen and oxygen atoms in total. The maximum absolute atomic E-state index is 12.5. The number of rotatable bonds is 9. The minimum Gasteiger partial charge on any atom is -0.335 e. The van der Waals surface area contributed by atoms with E-state index in [1.165, 1.54) is 16.2 Å². The number of anilines is 1. The normalized spacial score (nSPS) is 10.7. The molecule has 0 saturated heterocycles. The van der Waals surface area contributed by atoms with E-state index in [0.29, 0.717) is 28.1 Å². The van der Waals surface area contributed by atoms with Gasteiger partial charge in [-0.2, -0.15) is 0 Å². The lowest BCUT2D eigenvalue weighted by molar-refractivity contribution is -0.134. The summed E-state index contributed by atoms with van der Waals surface area (Å²) < 4.78 is 0.711. The lowest BCUT2D eigenvalue weighted by Gasteiger charge is -2.23. The summed E-state index contributed by atoms with van der Waals surface area (Å²) in [6.07, 6.45) is 1.74. The molecule has 0 spiro atoms. The molecule has 27 heavy (non-hydrogen) atoms. The van der Waals surface area contributed by atoms with Crippen LogP contribution < -0.4 is 5.32 Å². The summed E-state index contributed by atoms with van der Waals surface area (Å²) in [4.78, 5) is 29.1. The Kier molecular flexibility index (Phi) is 8.31. The smallest absolute Gasteiger partial charge is 0.244 e. The van der Waals surface area contributed by atoms with Crippen LogP contribution in [0.5, 0.6) is 0 Å². The summed E-state index contributed by atoms with van der Waals surface area (Å²) in [5.41, 5.74) is 0.521. The second-order valence-corrected chi connectivity index (χ2v) is 8.15. The average Bonchev–Trinajstić information content (AvgIpc) is 3.01. The van der Waals surface area contributed by atoms with E-state index in [1.54, 1.807) is 37.4 Å². The molecular weight excluding hydrogens is 405 g/mol. The van der Waals surface area contributed by atoms with Gasteiger partial charge in [-0.15, -0.1) is 17.9 Å². The molecule has 1 aromatic carbocycles. The van der Waals surface area contributed by atoms with Gasteiger partial charge in [0.05, 0.1) is 28.1 Å². The van der Waals surface area contributed by atoms with Gasteiger partial charge in [0.1, 0.15) is 0 Å². The van der Waals surface area contributed by atoms with Crippen molar-refractivity contribution in [2.75, 3.05) is 32.0 Å². The summed E-state index contributed by atoms with van der Waals surface area (Å²) in [6.45, 7) is 5.00. The molecule has 0 fully saturated rings. The van der Waals surface area contributed by atoms with Gasteiger partial charge in [-0.3, -0.25) is 14.5 Å². The molecular formula is C19H21Cl2N3O2S. The standard InChI is InChI=1S/C19H21Cl2N3O2S/c1-3-10-24(11-14-8-9-17(21)27-14)13-19(26)23(2)12-18(25)22-16-7-5-4-6-15(16)20/h3-9H,1,10-13H2,2H3,(H,22,25). The Morgan fingerprint density at radius 1 is 1.19 bits per heavy atom. The maximum Gasteiger partial charge on any atom is 0.244 e. The number of likely N-dealkylation sites (N-methyl/N-ethyl adjacent to an activating group) is 1. The topological polar surface area (TPSA) is 52.7 Å². The Labute approximate surface area is 173 Å². The Morgan fingerprint density at radius 2 is 1.93 bits per heavy atom. The number of benzene rings is 1. The van der Waals surface area contributed by atoms with Crippen LogP contribution in [0.25, 0.3) is 0 Å². The van der Waals surface area contributed by atoms with Crippen molar-refractivity contribution in [3.63, 3.8) is 0 Å². The Balaban J connectivity index is 1.89. The molecule has 0 aliphatic heterocycles. The lowest BCUT2D eigenvalue weighted by Crippen LogP contribution is -2.41. The van der Waals surface area contributed by atoms with E-state index < -0.39 is 0 Å². The van der Waals surface area contributed by atoms with Crippen LogP contribution in [0.15, 0.2) is 49.1 Å². The molecule has 0 radical (unpaired) electrons. The summed E-state index contributed by atoms with van der Waals surface area (Å²) in [5.74, 6) is -0.465. The zero-order valence-electron chi connectivity index (χ0n) is 15.0. The van der Waals surface area contributed by atoms with E-state index in [0.717, 1.165) is 4.88 Å². The predicted octanol–water partition coefficient (Wildman–Crippen LogP) is 4.14. The lowest BCUT2D eigenvalue weighted by atomic mass is 10.3. The maximum atomic E-state index is 12.5. The monoisotopic (exact) mass is 425 g/mol. The molecule has 0 aliphatic carbocycles. The second-order valence-electron chi connectivity index (χ2n) is 5.94. The third kappa shape index (κ3) is 6.99. The molecule has 0 atom stereocenters. The van der Waals surface area contributed by atoms with Crippen LogP contribution in [0.2, 0.25) is 9.36 Å². The first-order chi connectivity index (χ1) is 12.9. The van der Waals surface area contributed by atoms with E-state index in [9.17, 15) is 9.59 Å². The number of para-hydroxylation sites is 1. The van der Waals surface area contributed by atoms with Crippen LogP contribution >= 0.6 is 34.5 Å². The number of hydrogen-bond donors (Lipinski definition) is 1. The zero-order chi connectivity index (χ0) is 19.8. The van der Waals surface area contributed by atoms with Gasteiger partial charge in [0.15, 0.2) is 0 Å². The third-order valence-electron chi connectivity index (χ3n) is 3.71. The molecule has 2 rings (SSSR count). The molecule has 0 unspecified atom stereocenters. The first-order valence-electron chi connectivity index (χ1n) is 8.25. The largest absolute Gasteiger partial charge is 0.335 e. The van der Waals surface area contributed by atoms with Gasteiger partial charge in [0, 0.05) is 25.0 Å². The van der Waals surface area contributed by atoms with Gasteiger partial charge in [-0.05, 0) is 24.3 Å².